The summed E-state index contributed by atoms with van der Waals surface area (Å²) in [4.78, 5) is 11.0. The predicted molar refractivity (Wildman–Crippen MR) is 113 cm³/mol. The number of rotatable bonds is 12. The molecule has 0 amide bonds. The van der Waals surface area contributed by atoms with E-state index in [1.807, 2.05) is 0 Å². The van der Waals surface area contributed by atoms with E-state index in [1.54, 1.807) is 31.2 Å². The molecule has 2 rings (SSSR count). The van der Waals surface area contributed by atoms with Crippen LogP contribution in [-0.4, -0.2) is 39.4 Å². The number of carbonyl (C=O) groups is 1. The van der Waals surface area contributed by atoms with E-state index in [1.165, 1.54) is 12.1 Å². The number of hydrogen-bond donors (Lipinski definition) is 3. The highest BCUT2D eigenvalue weighted by Gasteiger charge is 2.40. The smallest absolute Gasteiger partial charge is 0.129 e. The summed E-state index contributed by atoms with van der Waals surface area (Å²) in [6, 6.07) is 6.07. The molecule has 4 nitrogen and oxygen atoms in total. The molecule has 162 valence electrons. The van der Waals surface area contributed by atoms with Gasteiger partial charge in [-0.3, -0.25) is 0 Å². The number of halogens is 1. The minimum Gasteiger partial charge on any atom is -0.393 e. The second-order valence-electron chi connectivity index (χ2n) is 8.41. The van der Waals surface area contributed by atoms with Crippen molar-refractivity contribution in [2.75, 3.05) is 0 Å². The first-order valence-electron chi connectivity index (χ1n) is 10.8. The van der Waals surface area contributed by atoms with E-state index in [0.717, 1.165) is 37.7 Å². The molecule has 0 saturated heterocycles. The highest BCUT2D eigenvalue weighted by molar-refractivity contribution is 5.75. The van der Waals surface area contributed by atoms with Crippen LogP contribution in [0.3, 0.4) is 0 Å². The van der Waals surface area contributed by atoms with Crippen LogP contribution in [0.5, 0.6) is 0 Å². The summed E-state index contributed by atoms with van der Waals surface area (Å²) in [6.45, 7) is 1.62. The molecule has 1 aliphatic carbocycles. The van der Waals surface area contributed by atoms with Gasteiger partial charge in [-0.1, -0.05) is 43.5 Å². The monoisotopic (exact) mass is 406 g/mol. The molecule has 1 aromatic rings. The lowest BCUT2D eigenvalue weighted by molar-refractivity contribution is -0.117. The molecule has 0 heterocycles. The number of carbonyl (C=O) groups excluding carboxylic acids is 1. The number of ketones is 1. The van der Waals surface area contributed by atoms with E-state index in [9.17, 15) is 24.5 Å². The SMILES string of the molecule is CC(=O)CCCCCC[C@@H]1[C@@H](CCC(O)/C=C/c2ccc(F)cc2)[C@H](O)C[C@@H]1O. The Bertz CT molecular complexity index is 643. The van der Waals surface area contributed by atoms with Crippen LogP contribution < -0.4 is 0 Å². The van der Waals surface area contributed by atoms with Gasteiger partial charge < -0.3 is 20.1 Å². The molecular formula is C24H35FO4. The Morgan fingerprint density at radius 3 is 2.34 bits per heavy atom. The fourth-order valence-corrected chi connectivity index (χ4v) is 4.34. The number of benzene rings is 1. The van der Waals surface area contributed by atoms with Gasteiger partial charge in [-0.05, 0) is 68.6 Å². The van der Waals surface area contributed by atoms with Gasteiger partial charge in [-0.15, -0.1) is 0 Å². The lowest BCUT2D eigenvalue weighted by atomic mass is 9.85. The maximum Gasteiger partial charge on any atom is 0.129 e. The molecule has 1 unspecified atom stereocenters. The topological polar surface area (TPSA) is 77.8 Å². The summed E-state index contributed by atoms with van der Waals surface area (Å²) in [7, 11) is 0. The van der Waals surface area contributed by atoms with Crippen molar-refractivity contribution < 1.29 is 24.5 Å². The molecule has 1 saturated carbocycles. The summed E-state index contributed by atoms with van der Waals surface area (Å²) in [5, 5.41) is 30.9. The van der Waals surface area contributed by atoms with Crippen LogP contribution in [0.25, 0.3) is 6.08 Å². The molecule has 5 heteroatoms. The summed E-state index contributed by atoms with van der Waals surface area (Å²) < 4.78 is 12.9. The van der Waals surface area contributed by atoms with Crippen molar-refractivity contribution in [1.82, 2.24) is 0 Å². The fraction of sp³-hybridized carbons (Fsp3) is 0.625. The zero-order chi connectivity index (χ0) is 21.2. The van der Waals surface area contributed by atoms with Crippen LogP contribution in [0.1, 0.15) is 70.3 Å². The Morgan fingerprint density at radius 1 is 1.07 bits per heavy atom. The van der Waals surface area contributed by atoms with Crippen molar-refractivity contribution in [2.24, 2.45) is 11.8 Å². The second kappa shape index (κ2) is 12.2. The van der Waals surface area contributed by atoms with Crippen LogP contribution >= 0.6 is 0 Å². The number of Topliss-reactive ketones (excluding diaryl/α,β-unsaturated/α-hetero) is 1. The third-order valence-corrected chi connectivity index (χ3v) is 6.01. The highest BCUT2D eigenvalue weighted by atomic mass is 19.1. The van der Waals surface area contributed by atoms with E-state index in [4.69, 9.17) is 0 Å². The van der Waals surface area contributed by atoms with Gasteiger partial charge in [0.15, 0.2) is 0 Å². The zero-order valence-corrected chi connectivity index (χ0v) is 17.3. The number of aliphatic hydroxyl groups is 3. The van der Waals surface area contributed by atoms with Crippen molar-refractivity contribution in [3.63, 3.8) is 0 Å². The lowest BCUT2D eigenvalue weighted by Gasteiger charge is -2.24. The minimum atomic E-state index is -0.641. The Labute approximate surface area is 173 Å². The van der Waals surface area contributed by atoms with E-state index in [0.29, 0.717) is 25.7 Å². The normalized spacial score (nSPS) is 25.6. The average molecular weight is 407 g/mol. The first kappa shape index (κ1) is 23.7. The van der Waals surface area contributed by atoms with Gasteiger partial charge in [-0.2, -0.15) is 0 Å². The minimum absolute atomic E-state index is 0.00362. The molecule has 0 bridgehead atoms. The van der Waals surface area contributed by atoms with Crippen molar-refractivity contribution in [1.29, 1.82) is 0 Å². The number of hydrogen-bond acceptors (Lipinski definition) is 4. The van der Waals surface area contributed by atoms with Crippen molar-refractivity contribution in [3.05, 3.63) is 41.7 Å². The van der Waals surface area contributed by atoms with Gasteiger partial charge >= 0.3 is 0 Å². The molecule has 0 radical (unpaired) electrons. The van der Waals surface area contributed by atoms with Gasteiger partial charge in [0.2, 0.25) is 0 Å². The number of aliphatic hydroxyl groups excluding tert-OH is 3. The van der Waals surface area contributed by atoms with Crippen LogP contribution in [0.15, 0.2) is 30.3 Å². The fourth-order valence-electron chi connectivity index (χ4n) is 4.34. The predicted octanol–water partition coefficient (Wildman–Crippen LogP) is 4.27. The number of unbranched alkanes of at least 4 members (excludes halogenated alkanes) is 3. The van der Waals surface area contributed by atoms with E-state index in [2.05, 4.69) is 0 Å². The van der Waals surface area contributed by atoms with E-state index < -0.39 is 18.3 Å². The largest absolute Gasteiger partial charge is 0.393 e. The van der Waals surface area contributed by atoms with Gasteiger partial charge in [0.1, 0.15) is 11.6 Å². The lowest BCUT2D eigenvalue weighted by Crippen LogP contribution is -2.23. The summed E-state index contributed by atoms with van der Waals surface area (Å²) in [6.07, 6.45) is 8.82. The molecule has 0 spiro atoms. The van der Waals surface area contributed by atoms with Gasteiger partial charge in [0.25, 0.3) is 0 Å². The molecule has 1 fully saturated rings. The second-order valence-corrected chi connectivity index (χ2v) is 8.41. The molecule has 1 aromatic carbocycles. The first-order chi connectivity index (χ1) is 13.9. The summed E-state index contributed by atoms with van der Waals surface area (Å²) >= 11 is 0. The Balaban J connectivity index is 1.75. The summed E-state index contributed by atoms with van der Waals surface area (Å²) in [5.74, 6) is -0.00464. The van der Waals surface area contributed by atoms with E-state index in [-0.39, 0.29) is 23.4 Å². The molecule has 0 aromatic heterocycles. The van der Waals surface area contributed by atoms with Crippen LogP contribution in [0, 0.1) is 17.7 Å². The van der Waals surface area contributed by atoms with Crippen molar-refractivity contribution >= 4 is 11.9 Å². The van der Waals surface area contributed by atoms with Gasteiger partial charge in [0, 0.05) is 6.42 Å². The molecule has 29 heavy (non-hydrogen) atoms. The van der Waals surface area contributed by atoms with Crippen molar-refractivity contribution in [2.45, 2.75) is 83.0 Å². The first-order valence-corrected chi connectivity index (χ1v) is 10.8. The molecule has 1 aliphatic rings. The van der Waals surface area contributed by atoms with E-state index >= 15 is 0 Å². The molecule has 0 aliphatic heterocycles. The third-order valence-electron chi connectivity index (χ3n) is 6.01. The zero-order valence-electron chi connectivity index (χ0n) is 17.3. The summed E-state index contributed by atoms with van der Waals surface area (Å²) in [5.41, 5.74) is 0.824. The van der Waals surface area contributed by atoms with Gasteiger partial charge in [-0.25, -0.2) is 4.39 Å². The van der Waals surface area contributed by atoms with Crippen molar-refractivity contribution in [3.8, 4) is 0 Å². The Hall–Kier alpha value is -1.56. The van der Waals surface area contributed by atoms with Crippen LogP contribution in [-0.2, 0) is 4.79 Å². The Morgan fingerprint density at radius 2 is 1.69 bits per heavy atom. The molecule has 3 N–H and O–H groups in total. The highest BCUT2D eigenvalue weighted by Crippen LogP contribution is 2.39. The van der Waals surface area contributed by atoms with Gasteiger partial charge in [0.05, 0.1) is 18.3 Å². The quantitative estimate of drug-likeness (QED) is 0.453. The average Bonchev–Trinajstić information content (AvgIpc) is 2.94. The maximum absolute atomic E-state index is 12.9. The standard InChI is InChI=1S/C24H35FO4/c1-17(26)6-4-2-3-5-7-21-22(24(29)16-23(21)28)15-14-20(27)13-10-18-8-11-19(25)12-9-18/h8-13,20-24,27-29H,2-7,14-16H2,1H3/b13-10+/t20?,21-,22-,23+,24-/m1/s1. The van der Waals surface area contributed by atoms with Crippen LogP contribution in [0.4, 0.5) is 4.39 Å². The molecule has 5 atom stereocenters. The molecular weight excluding hydrogens is 371 g/mol. The third kappa shape index (κ3) is 8.37. The maximum atomic E-state index is 12.9. The Kier molecular flexibility index (Phi) is 9.98. The van der Waals surface area contributed by atoms with Crippen LogP contribution in [0.2, 0.25) is 0 Å².